The van der Waals surface area contributed by atoms with Gasteiger partial charge in [0.15, 0.2) is 0 Å². The van der Waals surface area contributed by atoms with Crippen molar-refractivity contribution in [3.05, 3.63) is 107 Å². The quantitative estimate of drug-likeness (QED) is 0.518. The number of hydrogen-bond donors (Lipinski definition) is 0. The lowest BCUT2D eigenvalue weighted by Gasteiger charge is -2.21. The Bertz CT molecular complexity index is 1140. The molecule has 4 rings (SSSR count). The molecule has 2 aromatic carbocycles. The molecule has 132 valence electrons. The molecular formula is C22H16N2O3. The summed E-state index contributed by atoms with van der Waals surface area (Å²) in [4.78, 5) is 31.4. The van der Waals surface area contributed by atoms with Crippen molar-refractivity contribution in [3.63, 3.8) is 0 Å². The van der Waals surface area contributed by atoms with E-state index in [4.69, 9.17) is 4.42 Å². The van der Waals surface area contributed by atoms with Gasteiger partial charge >= 0.3 is 5.63 Å². The molecule has 0 spiro atoms. The van der Waals surface area contributed by atoms with Gasteiger partial charge in [0.2, 0.25) is 0 Å². The van der Waals surface area contributed by atoms with Crippen molar-refractivity contribution < 1.29 is 9.21 Å². The fourth-order valence-electron chi connectivity index (χ4n) is 2.89. The van der Waals surface area contributed by atoms with Crippen LogP contribution in [0.25, 0.3) is 11.0 Å². The average Bonchev–Trinajstić information content (AvgIpc) is 2.72. The van der Waals surface area contributed by atoms with Crippen molar-refractivity contribution in [1.29, 1.82) is 0 Å². The molecule has 27 heavy (non-hydrogen) atoms. The number of anilines is 1. The molecule has 0 aliphatic heterocycles. The molecule has 5 heteroatoms. The fourth-order valence-corrected chi connectivity index (χ4v) is 2.89. The third-order valence-corrected chi connectivity index (χ3v) is 4.23. The molecule has 1 amide bonds. The lowest BCUT2D eigenvalue weighted by Crippen LogP contribution is -2.34. The van der Waals surface area contributed by atoms with Crippen LogP contribution < -0.4 is 10.5 Å². The molecule has 0 aliphatic carbocycles. The van der Waals surface area contributed by atoms with Gasteiger partial charge in [-0.15, -0.1) is 0 Å². The Morgan fingerprint density at radius 1 is 0.926 bits per heavy atom. The van der Waals surface area contributed by atoms with E-state index in [0.717, 1.165) is 5.56 Å². The summed E-state index contributed by atoms with van der Waals surface area (Å²) in [6, 6.07) is 23.6. The first-order chi connectivity index (χ1) is 13.2. The summed E-state index contributed by atoms with van der Waals surface area (Å²) >= 11 is 0. The van der Waals surface area contributed by atoms with Crippen molar-refractivity contribution in [2.45, 2.75) is 6.54 Å². The highest BCUT2D eigenvalue weighted by molar-refractivity contribution is 6.06. The molecule has 0 radical (unpaired) electrons. The van der Waals surface area contributed by atoms with Crippen LogP contribution in [0.4, 0.5) is 5.82 Å². The highest BCUT2D eigenvalue weighted by Crippen LogP contribution is 2.19. The molecule has 0 unspecified atom stereocenters. The second-order valence-electron chi connectivity index (χ2n) is 6.05. The molecule has 0 saturated carbocycles. The van der Waals surface area contributed by atoms with Gasteiger partial charge in [0.25, 0.3) is 5.91 Å². The largest absolute Gasteiger partial charge is 0.422 e. The van der Waals surface area contributed by atoms with Crippen molar-refractivity contribution in [2.24, 2.45) is 0 Å². The molecule has 0 atom stereocenters. The molecule has 5 nitrogen and oxygen atoms in total. The third kappa shape index (κ3) is 3.48. The maximum Gasteiger partial charge on any atom is 0.349 e. The number of rotatable bonds is 4. The zero-order valence-electron chi connectivity index (χ0n) is 14.4. The van der Waals surface area contributed by atoms with Gasteiger partial charge in [0, 0.05) is 11.6 Å². The number of carbonyl (C=O) groups excluding carboxylic acids is 1. The molecule has 0 fully saturated rings. The van der Waals surface area contributed by atoms with Crippen LogP contribution in [0.15, 0.2) is 94.3 Å². The first-order valence-corrected chi connectivity index (χ1v) is 8.52. The first kappa shape index (κ1) is 16.7. The van der Waals surface area contributed by atoms with E-state index in [0.29, 0.717) is 23.3 Å². The number of benzene rings is 2. The van der Waals surface area contributed by atoms with Gasteiger partial charge in [-0.2, -0.15) is 0 Å². The maximum atomic E-state index is 13.2. The highest BCUT2D eigenvalue weighted by Gasteiger charge is 2.23. The number of aromatic nitrogens is 1. The van der Waals surface area contributed by atoms with E-state index in [-0.39, 0.29) is 5.56 Å². The summed E-state index contributed by atoms with van der Waals surface area (Å²) in [7, 11) is 0. The number of nitrogens with zero attached hydrogens (tertiary/aromatic N) is 2. The fraction of sp³-hybridized carbons (Fsp3) is 0.0455. The van der Waals surface area contributed by atoms with Crippen LogP contribution in [0, 0.1) is 0 Å². The summed E-state index contributed by atoms with van der Waals surface area (Å²) in [5, 5.41) is 0.695. The van der Waals surface area contributed by atoms with Crippen LogP contribution in [-0.4, -0.2) is 10.9 Å². The second kappa shape index (κ2) is 7.25. The van der Waals surface area contributed by atoms with Gasteiger partial charge in [-0.3, -0.25) is 9.69 Å². The molecule has 4 aromatic rings. The summed E-state index contributed by atoms with van der Waals surface area (Å²) in [5.41, 5.74) is 0.705. The third-order valence-electron chi connectivity index (χ3n) is 4.23. The number of amides is 1. The zero-order valence-corrected chi connectivity index (χ0v) is 14.4. The van der Waals surface area contributed by atoms with Crippen molar-refractivity contribution >= 4 is 22.7 Å². The molecule has 0 bridgehead atoms. The van der Waals surface area contributed by atoms with Gasteiger partial charge in [0.1, 0.15) is 17.0 Å². The minimum absolute atomic E-state index is 0.0183. The normalized spacial score (nSPS) is 10.7. The molecule has 0 saturated heterocycles. The number of carbonyl (C=O) groups is 1. The van der Waals surface area contributed by atoms with Gasteiger partial charge in [0.05, 0.1) is 6.54 Å². The lowest BCUT2D eigenvalue weighted by molar-refractivity contribution is 0.0981. The average molecular weight is 356 g/mol. The number of fused-ring (bicyclic) bond motifs is 1. The van der Waals surface area contributed by atoms with Crippen molar-refractivity contribution in [2.75, 3.05) is 4.90 Å². The van der Waals surface area contributed by atoms with Crippen LogP contribution in [0.5, 0.6) is 0 Å². The maximum absolute atomic E-state index is 13.2. The highest BCUT2D eigenvalue weighted by atomic mass is 16.4. The second-order valence-corrected chi connectivity index (χ2v) is 6.05. The lowest BCUT2D eigenvalue weighted by atomic mass is 10.1. The predicted octanol–water partition coefficient (Wildman–Crippen LogP) is 4.04. The molecule has 0 N–H and O–H groups in total. The minimum atomic E-state index is -0.660. The van der Waals surface area contributed by atoms with Crippen molar-refractivity contribution in [3.8, 4) is 0 Å². The van der Waals surface area contributed by atoms with E-state index in [1.165, 1.54) is 4.90 Å². The van der Waals surface area contributed by atoms with Crippen LogP contribution in [-0.2, 0) is 6.54 Å². The van der Waals surface area contributed by atoms with E-state index >= 15 is 0 Å². The number of hydrogen-bond acceptors (Lipinski definition) is 4. The Balaban J connectivity index is 1.79. The Hall–Kier alpha value is -3.73. The van der Waals surface area contributed by atoms with Crippen LogP contribution in [0.2, 0.25) is 0 Å². The molecule has 2 heterocycles. The smallest absolute Gasteiger partial charge is 0.349 e. The first-order valence-electron chi connectivity index (χ1n) is 8.52. The Morgan fingerprint density at radius 2 is 1.67 bits per heavy atom. The van der Waals surface area contributed by atoms with E-state index in [2.05, 4.69) is 4.98 Å². The van der Waals surface area contributed by atoms with Gasteiger partial charge < -0.3 is 4.42 Å². The summed E-state index contributed by atoms with van der Waals surface area (Å²) in [6.07, 6.45) is 1.61. The predicted molar refractivity (Wildman–Crippen MR) is 104 cm³/mol. The Kier molecular flexibility index (Phi) is 4.49. The Morgan fingerprint density at radius 3 is 2.44 bits per heavy atom. The number of pyridine rings is 1. The molecule has 2 aromatic heterocycles. The SMILES string of the molecule is O=C(c1cc2ccccc2oc1=O)N(Cc1ccccc1)c1ccccn1. The van der Waals surface area contributed by atoms with E-state index in [1.807, 2.05) is 36.4 Å². The van der Waals surface area contributed by atoms with E-state index < -0.39 is 11.5 Å². The summed E-state index contributed by atoms with van der Waals surface area (Å²) < 4.78 is 5.33. The number of para-hydroxylation sites is 1. The van der Waals surface area contributed by atoms with Crippen LogP contribution >= 0.6 is 0 Å². The summed E-state index contributed by atoms with van der Waals surface area (Å²) in [6.45, 7) is 0.295. The van der Waals surface area contributed by atoms with Crippen LogP contribution in [0.1, 0.15) is 15.9 Å². The molecule has 0 aliphatic rings. The minimum Gasteiger partial charge on any atom is -0.422 e. The summed E-state index contributed by atoms with van der Waals surface area (Å²) in [5.74, 6) is 0.0240. The van der Waals surface area contributed by atoms with E-state index in [1.54, 1.807) is 48.7 Å². The molecular weight excluding hydrogens is 340 g/mol. The standard InChI is InChI=1S/C22H16N2O3/c25-21(18-14-17-10-4-5-11-19(17)27-22(18)26)24(20-12-6-7-13-23-20)15-16-8-2-1-3-9-16/h1-14H,15H2. The Labute approximate surface area is 155 Å². The van der Waals surface area contributed by atoms with E-state index in [9.17, 15) is 9.59 Å². The van der Waals surface area contributed by atoms with Gasteiger partial charge in [-0.25, -0.2) is 9.78 Å². The van der Waals surface area contributed by atoms with Gasteiger partial charge in [-0.05, 0) is 29.8 Å². The van der Waals surface area contributed by atoms with Crippen molar-refractivity contribution in [1.82, 2.24) is 4.98 Å². The van der Waals surface area contributed by atoms with Crippen LogP contribution in [0.3, 0.4) is 0 Å². The monoisotopic (exact) mass is 356 g/mol. The topological polar surface area (TPSA) is 63.4 Å². The van der Waals surface area contributed by atoms with Gasteiger partial charge in [-0.1, -0.05) is 54.6 Å². The zero-order chi connectivity index (χ0) is 18.6.